The molecular weight excluding hydrogens is 290 g/mol. The highest BCUT2D eigenvalue weighted by molar-refractivity contribution is 7.91. The molecule has 1 N–H and O–H groups in total. The SMILES string of the molecule is CCS(=O)(=O)CCn1nc(C(F)F)c(CO)c1Cl. The smallest absolute Gasteiger partial charge is 0.282 e. The Bertz CT molecular complexity index is 516. The molecule has 1 heterocycles. The van der Waals surface area contributed by atoms with Crippen molar-refractivity contribution in [3.63, 3.8) is 0 Å². The summed E-state index contributed by atoms with van der Waals surface area (Å²) in [6.07, 6.45) is -2.87. The van der Waals surface area contributed by atoms with Crippen molar-refractivity contribution in [1.82, 2.24) is 9.78 Å². The van der Waals surface area contributed by atoms with Crippen LogP contribution in [-0.2, 0) is 23.0 Å². The summed E-state index contributed by atoms with van der Waals surface area (Å²) in [7, 11) is -3.23. The van der Waals surface area contributed by atoms with Gasteiger partial charge in [0.1, 0.15) is 10.8 Å². The monoisotopic (exact) mass is 302 g/mol. The second kappa shape index (κ2) is 5.94. The zero-order valence-corrected chi connectivity index (χ0v) is 11.2. The van der Waals surface area contributed by atoms with E-state index in [2.05, 4.69) is 5.10 Å². The molecule has 0 atom stereocenters. The van der Waals surface area contributed by atoms with Crippen molar-refractivity contribution in [3.05, 3.63) is 16.4 Å². The average molecular weight is 303 g/mol. The summed E-state index contributed by atoms with van der Waals surface area (Å²) in [4.78, 5) is 0. The molecule has 9 heteroatoms. The standard InChI is InChI=1S/C9H13ClF2N2O3S/c1-2-18(16,17)4-3-14-8(10)6(5-15)7(13-14)9(11)12/h9,15H,2-5H2,1H3. The zero-order valence-electron chi connectivity index (χ0n) is 9.61. The van der Waals surface area contributed by atoms with Gasteiger partial charge in [-0.2, -0.15) is 5.10 Å². The Labute approximate surface area is 108 Å². The molecule has 0 saturated carbocycles. The van der Waals surface area contributed by atoms with Gasteiger partial charge in [-0.1, -0.05) is 18.5 Å². The summed E-state index contributed by atoms with van der Waals surface area (Å²) in [5.74, 6) is -0.279. The Balaban J connectivity index is 2.98. The highest BCUT2D eigenvalue weighted by Crippen LogP contribution is 2.27. The summed E-state index contributed by atoms with van der Waals surface area (Å²) in [6, 6.07) is 0. The van der Waals surface area contributed by atoms with Crippen molar-refractivity contribution in [2.24, 2.45) is 0 Å². The number of halogens is 3. The summed E-state index contributed by atoms with van der Waals surface area (Å²) in [5, 5.41) is 12.3. The third-order valence-corrected chi connectivity index (χ3v) is 4.54. The Morgan fingerprint density at radius 3 is 2.50 bits per heavy atom. The van der Waals surface area contributed by atoms with Crippen LogP contribution < -0.4 is 0 Å². The predicted molar refractivity (Wildman–Crippen MR) is 62.4 cm³/mol. The topological polar surface area (TPSA) is 72.2 Å². The molecule has 0 fully saturated rings. The van der Waals surface area contributed by atoms with Crippen molar-refractivity contribution in [2.45, 2.75) is 26.5 Å². The lowest BCUT2D eigenvalue weighted by Crippen LogP contribution is -2.15. The van der Waals surface area contributed by atoms with Crippen LogP contribution in [0.1, 0.15) is 24.6 Å². The average Bonchev–Trinajstić information content (AvgIpc) is 2.63. The first kappa shape index (κ1) is 15.3. The van der Waals surface area contributed by atoms with E-state index in [0.717, 1.165) is 4.68 Å². The second-order valence-corrected chi connectivity index (χ2v) is 6.40. The van der Waals surface area contributed by atoms with Gasteiger partial charge in [-0.15, -0.1) is 0 Å². The quantitative estimate of drug-likeness (QED) is 0.862. The summed E-state index contributed by atoms with van der Waals surface area (Å²) < 4.78 is 48.7. The van der Waals surface area contributed by atoms with Gasteiger partial charge in [0.15, 0.2) is 9.84 Å². The van der Waals surface area contributed by atoms with Gasteiger partial charge in [-0.3, -0.25) is 4.68 Å². The third kappa shape index (κ3) is 3.39. The molecule has 1 rings (SSSR count). The number of hydrogen-bond acceptors (Lipinski definition) is 4. The number of hydrogen-bond donors (Lipinski definition) is 1. The van der Waals surface area contributed by atoms with Crippen molar-refractivity contribution in [1.29, 1.82) is 0 Å². The fourth-order valence-corrected chi connectivity index (χ4v) is 2.35. The predicted octanol–water partition coefficient (Wildman–Crippen LogP) is 1.40. The van der Waals surface area contributed by atoms with E-state index in [-0.39, 0.29) is 28.8 Å². The number of aromatic nitrogens is 2. The number of aryl methyl sites for hydroxylation is 1. The summed E-state index contributed by atoms with van der Waals surface area (Å²) >= 11 is 5.76. The van der Waals surface area contributed by atoms with Crippen molar-refractivity contribution >= 4 is 21.4 Å². The first-order chi connectivity index (χ1) is 8.32. The Morgan fingerprint density at radius 2 is 2.11 bits per heavy atom. The van der Waals surface area contributed by atoms with Gasteiger partial charge in [0, 0.05) is 11.3 Å². The fraction of sp³-hybridized carbons (Fsp3) is 0.667. The molecule has 1 aromatic rings. The number of aliphatic hydroxyl groups excluding tert-OH is 1. The van der Waals surface area contributed by atoms with Gasteiger partial charge in [-0.25, -0.2) is 17.2 Å². The Hall–Kier alpha value is -0.730. The van der Waals surface area contributed by atoms with E-state index in [1.54, 1.807) is 0 Å². The van der Waals surface area contributed by atoms with Crippen LogP contribution in [0.3, 0.4) is 0 Å². The molecule has 0 aliphatic carbocycles. The molecule has 0 aliphatic rings. The molecule has 0 bridgehead atoms. The van der Waals surface area contributed by atoms with Crippen molar-refractivity contribution in [2.75, 3.05) is 11.5 Å². The first-order valence-electron chi connectivity index (χ1n) is 5.17. The van der Waals surface area contributed by atoms with Gasteiger partial charge in [-0.05, 0) is 0 Å². The van der Waals surface area contributed by atoms with Crippen LogP contribution >= 0.6 is 11.6 Å². The van der Waals surface area contributed by atoms with E-state index in [4.69, 9.17) is 16.7 Å². The Morgan fingerprint density at radius 1 is 1.50 bits per heavy atom. The summed E-state index contributed by atoms with van der Waals surface area (Å²) in [5.41, 5.74) is -0.781. The van der Waals surface area contributed by atoms with E-state index in [9.17, 15) is 17.2 Å². The molecule has 0 aromatic carbocycles. The lowest BCUT2D eigenvalue weighted by Gasteiger charge is -2.03. The molecule has 0 aliphatic heterocycles. The highest BCUT2D eigenvalue weighted by Gasteiger charge is 2.23. The number of aliphatic hydroxyl groups is 1. The van der Waals surface area contributed by atoms with Gasteiger partial charge in [0.2, 0.25) is 0 Å². The summed E-state index contributed by atoms with van der Waals surface area (Å²) in [6.45, 7) is 0.706. The molecule has 0 saturated heterocycles. The van der Waals surface area contributed by atoms with Crippen LogP contribution in [-0.4, -0.2) is 34.8 Å². The fourth-order valence-electron chi connectivity index (χ4n) is 1.34. The maximum atomic E-state index is 12.6. The van der Waals surface area contributed by atoms with E-state index in [1.165, 1.54) is 6.92 Å². The van der Waals surface area contributed by atoms with E-state index >= 15 is 0 Å². The maximum Gasteiger partial charge on any atom is 0.282 e. The second-order valence-electron chi connectivity index (χ2n) is 3.57. The van der Waals surface area contributed by atoms with Crippen LogP contribution in [0.15, 0.2) is 0 Å². The maximum absolute atomic E-state index is 12.6. The molecule has 0 amide bonds. The molecule has 0 radical (unpaired) electrons. The number of nitrogens with zero attached hydrogens (tertiary/aromatic N) is 2. The van der Waals surface area contributed by atoms with Crippen LogP contribution in [0.2, 0.25) is 5.15 Å². The molecule has 1 aromatic heterocycles. The number of sulfone groups is 1. The van der Waals surface area contributed by atoms with Crippen molar-refractivity contribution in [3.8, 4) is 0 Å². The van der Waals surface area contributed by atoms with Crippen LogP contribution in [0.25, 0.3) is 0 Å². The van der Waals surface area contributed by atoms with E-state index < -0.39 is 28.6 Å². The highest BCUT2D eigenvalue weighted by atomic mass is 35.5. The molecule has 0 spiro atoms. The number of rotatable bonds is 6. The molecule has 5 nitrogen and oxygen atoms in total. The van der Waals surface area contributed by atoms with E-state index in [1.807, 2.05) is 0 Å². The third-order valence-electron chi connectivity index (χ3n) is 2.43. The molecule has 104 valence electrons. The number of alkyl halides is 2. The van der Waals surface area contributed by atoms with Crippen LogP contribution in [0, 0.1) is 0 Å². The molecular formula is C9H13ClF2N2O3S. The van der Waals surface area contributed by atoms with Gasteiger partial charge < -0.3 is 5.11 Å². The normalized spacial score (nSPS) is 12.3. The Kier molecular flexibility index (Phi) is 5.06. The minimum Gasteiger partial charge on any atom is -0.391 e. The minimum atomic E-state index is -3.23. The van der Waals surface area contributed by atoms with E-state index in [0.29, 0.717) is 0 Å². The zero-order chi connectivity index (χ0) is 13.9. The van der Waals surface area contributed by atoms with Gasteiger partial charge in [0.25, 0.3) is 6.43 Å². The first-order valence-corrected chi connectivity index (χ1v) is 7.36. The van der Waals surface area contributed by atoms with Crippen LogP contribution in [0.5, 0.6) is 0 Å². The molecule has 18 heavy (non-hydrogen) atoms. The lowest BCUT2D eigenvalue weighted by molar-refractivity contribution is 0.141. The van der Waals surface area contributed by atoms with Crippen LogP contribution in [0.4, 0.5) is 8.78 Å². The van der Waals surface area contributed by atoms with Gasteiger partial charge in [0.05, 0.1) is 18.9 Å². The van der Waals surface area contributed by atoms with Gasteiger partial charge >= 0.3 is 0 Å². The minimum absolute atomic E-state index is 0.0412. The molecule has 0 unspecified atom stereocenters. The largest absolute Gasteiger partial charge is 0.391 e. The lowest BCUT2D eigenvalue weighted by atomic mass is 10.3. The van der Waals surface area contributed by atoms with Crippen molar-refractivity contribution < 1.29 is 22.3 Å².